The molecule has 0 unspecified atom stereocenters. The van der Waals surface area contributed by atoms with Gasteiger partial charge in [-0.15, -0.1) is 0 Å². The van der Waals surface area contributed by atoms with Crippen LogP contribution in [-0.2, 0) is 20.9 Å². The van der Waals surface area contributed by atoms with E-state index in [1.165, 1.54) is 29.3 Å². The third kappa shape index (κ3) is 5.32. The topological polar surface area (TPSA) is 116 Å². The van der Waals surface area contributed by atoms with Gasteiger partial charge in [-0.25, -0.2) is 9.89 Å². The fourth-order valence-electron chi connectivity index (χ4n) is 4.52. The Morgan fingerprint density at radius 3 is 2.71 bits per heavy atom. The molecule has 2 N–H and O–H groups in total. The van der Waals surface area contributed by atoms with Gasteiger partial charge in [-0.2, -0.15) is 0 Å². The number of furan rings is 1. The minimum absolute atomic E-state index is 0.0672. The number of nitrogens with one attached hydrogen (secondary N) is 2. The molecular formula is C25H27N5O4S. The van der Waals surface area contributed by atoms with Gasteiger partial charge >= 0.3 is 0 Å². The lowest BCUT2D eigenvalue weighted by Gasteiger charge is -2.26. The summed E-state index contributed by atoms with van der Waals surface area (Å²) in [5.74, 6) is 0.577. The van der Waals surface area contributed by atoms with E-state index in [4.69, 9.17) is 4.42 Å². The zero-order valence-electron chi connectivity index (χ0n) is 19.2. The highest BCUT2D eigenvalue weighted by Crippen LogP contribution is 2.34. The number of fused-ring (bicyclic) bond motifs is 3. The van der Waals surface area contributed by atoms with Crippen molar-refractivity contribution in [2.45, 2.75) is 57.2 Å². The molecule has 1 aliphatic carbocycles. The van der Waals surface area contributed by atoms with E-state index in [1.807, 2.05) is 24.3 Å². The lowest BCUT2D eigenvalue weighted by Crippen LogP contribution is -2.43. The number of amidine groups is 2. The Morgan fingerprint density at radius 1 is 1.09 bits per heavy atom. The van der Waals surface area contributed by atoms with Gasteiger partial charge in [-0.05, 0) is 37.1 Å². The van der Waals surface area contributed by atoms with E-state index in [0.29, 0.717) is 22.5 Å². The molecule has 0 spiro atoms. The van der Waals surface area contributed by atoms with E-state index in [2.05, 4.69) is 20.6 Å². The van der Waals surface area contributed by atoms with Crippen LogP contribution in [0, 0.1) is 0 Å². The Morgan fingerprint density at radius 2 is 1.91 bits per heavy atom. The van der Waals surface area contributed by atoms with Gasteiger partial charge in [0.25, 0.3) is 5.91 Å². The number of hydrogen-bond acceptors (Lipinski definition) is 7. The van der Waals surface area contributed by atoms with E-state index in [0.717, 1.165) is 31.2 Å². The van der Waals surface area contributed by atoms with E-state index < -0.39 is 6.04 Å². The summed E-state index contributed by atoms with van der Waals surface area (Å²) in [5.41, 5.74) is 1.42. The predicted molar refractivity (Wildman–Crippen MR) is 133 cm³/mol. The summed E-state index contributed by atoms with van der Waals surface area (Å²) in [5, 5.41) is 6.27. The summed E-state index contributed by atoms with van der Waals surface area (Å²) in [6.07, 6.45) is 6.98. The van der Waals surface area contributed by atoms with Crippen LogP contribution < -0.4 is 10.6 Å². The van der Waals surface area contributed by atoms with E-state index in [-0.39, 0.29) is 42.5 Å². The number of amides is 3. The molecule has 35 heavy (non-hydrogen) atoms. The van der Waals surface area contributed by atoms with Crippen LogP contribution in [0.3, 0.4) is 0 Å². The number of carbonyl (C=O) groups is 3. The fourth-order valence-corrected chi connectivity index (χ4v) is 5.34. The Balaban J connectivity index is 1.27. The van der Waals surface area contributed by atoms with Crippen molar-refractivity contribution in [2.24, 2.45) is 9.98 Å². The Bertz CT molecular complexity index is 1170. The summed E-state index contributed by atoms with van der Waals surface area (Å²) >= 11 is 1.22. The summed E-state index contributed by atoms with van der Waals surface area (Å²) in [6.45, 7) is 0.245. The van der Waals surface area contributed by atoms with Gasteiger partial charge in [0.1, 0.15) is 17.6 Å². The predicted octanol–water partition coefficient (Wildman–Crippen LogP) is 3.13. The van der Waals surface area contributed by atoms with Crippen molar-refractivity contribution < 1.29 is 18.8 Å². The first-order chi connectivity index (χ1) is 17.1. The molecular weight excluding hydrogens is 466 g/mol. The zero-order chi connectivity index (χ0) is 24.2. The Hall–Kier alpha value is -3.40. The molecule has 0 saturated heterocycles. The SMILES string of the molecule is O=C(C[C@@H]1N=C2c3ccccc3N=C(SCC(=O)NC3CCCCC3)N2C1=O)NCc1ccco1. The summed E-state index contributed by atoms with van der Waals surface area (Å²) in [4.78, 5) is 49.1. The van der Waals surface area contributed by atoms with Crippen molar-refractivity contribution in [2.75, 3.05) is 5.75 Å². The lowest BCUT2D eigenvalue weighted by molar-refractivity contribution is -0.128. The molecule has 1 saturated carbocycles. The first-order valence-corrected chi connectivity index (χ1v) is 12.9. The van der Waals surface area contributed by atoms with Crippen LogP contribution in [0.15, 0.2) is 57.1 Å². The molecule has 1 fully saturated rings. The van der Waals surface area contributed by atoms with Crippen molar-refractivity contribution in [3.8, 4) is 0 Å². The molecule has 3 heterocycles. The van der Waals surface area contributed by atoms with Crippen molar-refractivity contribution in [1.82, 2.24) is 15.5 Å². The molecule has 182 valence electrons. The van der Waals surface area contributed by atoms with Gasteiger partial charge in [-0.3, -0.25) is 19.4 Å². The average Bonchev–Trinajstić information content (AvgIpc) is 3.50. The fraction of sp³-hybridized carbons (Fsp3) is 0.400. The molecule has 0 bridgehead atoms. The first-order valence-electron chi connectivity index (χ1n) is 11.9. The number of thioether (sulfide) groups is 1. The number of para-hydroxylation sites is 1. The smallest absolute Gasteiger partial charge is 0.259 e. The number of hydrogen-bond donors (Lipinski definition) is 2. The zero-order valence-corrected chi connectivity index (χ0v) is 20.1. The first kappa shape index (κ1) is 23.3. The molecule has 1 aromatic heterocycles. The van der Waals surface area contributed by atoms with Crippen molar-refractivity contribution in [3.05, 3.63) is 54.0 Å². The molecule has 3 amide bonds. The highest BCUT2D eigenvalue weighted by atomic mass is 32.2. The average molecular weight is 494 g/mol. The van der Waals surface area contributed by atoms with Gasteiger partial charge < -0.3 is 15.1 Å². The van der Waals surface area contributed by atoms with E-state index >= 15 is 0 Å². The second-order valence-corrected chi connectivity index (χ2v) is 9.75. The van der Waals surface area contributed by atoms with Crippen LogP contribution in [-0.4, -0.2) is 51.5 Å². The minimum Gasteiger partial charge on any atom is -0.467 e. The maximum atomic E-state index is 13.3. The number of aliphatic imine (C=N–C) groups is 2. The number of benzene rings is 1. The van der Waals surface area contributed by atoms with Crippen molar-refractivity contribution in [3.63, 3.8) is 0 Å². The highest BCUT2D eigenvalue weighted by Gasteiger charge is 2.42. The van der Waals surface area contributed by atoms with E-state index in [9.17, 15) is 14.4 Å². The van der Waals surface area contributed by atoms with Crippen molar-refractivity contribution >= 4 is 46.2 Å². The quantitative estimate of drug-likeness (QED) is 0.615. The second kappa shape index (κ2) is 10.5. The van der Waals surface area contributed by atoms with Crippen LogP contribution in [0.4, 0.5) is 5.69 Å². The number of rotatable bonds is 7. The van der Waals surface area contributed by atoms with Gasteiger partial charge in [0, 0.05) is 11.6 Å². The molecule has 5 rings (SSSR count). The molecule has 2 aromatic rings. The van der Waals surface area contributed by atoms with Gasteiger partial charge in [0.2, 0.25) is 11.8 Å². The summed E-state index contributed by atoms with van der Waals surface area (Å²) in [6, 6.07) is 10.3. The van der Waals surface area contributed by atoms with Gasteiger partial charge in [0.05, 0.1) is 30.7 Å². The standard InChI is InChI=1S/C25H27N5O4S/c31-21(26-14-17-9-6-12-34-17)13-20-24(33)30-23(28-20)18-10-4-5-11-19(18)29-25(30)35-15-22(32)27-16-7-2-1-3-8-16/h4-6,9-12,16,20H,1-3,7-8,13-15H2,(H,26,31)(H,27,32)/t20-/m0/s1. The molecule has 1 atom stereocenters. The lowest BCUT2D eigenvalue weighted by atomic mass is 9.95. The maximum absolute atomic E-state index is 13.3. The summed E-state index contributed by atoms with van der Waals surface area (Å²) < 4.78 is 5.23. The third-order valence-electron chi connectivity index (χ3n) is 6.27. The van der Waals surface area contributed by atoms with Crippen LogP contribution in [0.25, 0.3) is 0 Å². The van der Waals surface area contributed by atoms with Gasteiger partial charge in [-0.1, -0.05) is 43.2 Å². The maximum Gasteiger partial charge on any atom is 0.259 e. The summed E-state index contributed by atoms with van der Waals surface area (Å²) in [7, 11) is 0. The Kier molecular flexibility index (Phi) is 6.98. The minimum atomic E-state index is -0.852. The normalized spacial score (nSPS) is 19.5. The molecule has 10 heteroatoms. The van der Waals surface area contributed by atoms with Gasteiger partial charge in [0.15, 0.2) is 5.17 Å². The largest absolute Gasteiger partial charge is 0.467 e. The third-order valence-corrected chi connectivity index (χ3v) is 7.21. The molecule has 0 radical (unpaired) electrons. The number of nitrogens with zero attached hydrogens (tertiary/aromatic N) is 3. The molecule has 9 nitrogen and oxygen atoms in total. The van der Waals surface area contributed by atoms with Crippen LogP contribution in [0.2, 0.25) is 0 Å². The highest BCUT2D eigenvalue weighted by molar-refractivity contribution is 8.14. The van der Waals surface area contributed by atoms with E-state index in [1.54, 1.807) is 12.1 Å². The second-order valence-electron chi connectivity index (χ2n) is 8.81. The molecule has 3 aliphatic rings. The monoisotopic (exact) mass is 493 g/mol. The Labute approximate surface area is 207 Å². The van der Waals surface area contributed by atoms with Crippen LogP contribution >= 0.6 is 11.8 Å². The van der Waals surface area contributed by atoms with Crippen LogP contribution in [0.5, 0.6) is 0 Å². The number of carbonyl (C=O) groups excluding carboxylic acids is 3. The molecule has 1 aromatic carbocycles. The van der Waals surface area contributed by atoms with Crippen molar-refractivity contribution in [1.29, 1.82) is 0 Å². The molecule has 2 aliphatic heterocycles. The van der Waals surface area contributed by atoms with Crippen LogP contribution in [0.1, 0.15) is 49.8 Å².